The molecule has 0 aliphatic heterocycles. The maximum Gasteiger partial charge on any atom is 0.247 e. The van der Waals surface area contributed by atoms with Crippen molar-refractivity contribution in [1.82, 2.24) is 8.87 Å². The summed E-state index contributed by atoms with van der Waals surface area (Å²) in [6.07, 6.45) is 2.68. The van der Waals surface area contributed by atoms with Crippen molar-refractivity contribution < 1.29 is 13.2 Å². The second-order valence-corrected chi connectivity index (χ2v) is 9.24. The lowest BCUT2D eigenvalue weighted by atomic mass is 10.2. The van der Waals surface area contributed by atoms with Gasteiger partial charge in [0.15, 0.2) is 0 Å². The summed E-state index contributed by atoms with van der Waals surface area (Å²) < 4.78 is 36.0. The Balaban J connectivity index is 2.05. The van der Waals surface area contributed by atoms with Gasteiger partial charge >= 0.3 is 0 Å². The summed E-state index contributed by atoms with van der Waals surface area (Å²) in [5.41, 5.74) is 1.89. The lowest BCUT2D eigenvalue weighted by molar-refractivity contribution is 0.379. The molecule has 0 spiro atoms. The maximum absolute atomic E-state index is 13.6. The standard InChI is InChI=1S/C20H24N2O3S2/c1-4-16-9-10-19(25-3)20(13-16)27(23,24)22(15-18-8-6-12-26-18)14-17-7-5-11-21(17)2/h5-13H,4,14-15H2,1-3H3. The molecule has 27 heavy (non-hydrogen) atoms. The zero-order valence-corrected chi connectivity index (χ0v) is 17.4. The van der Waals surface area contributed by atoms with Crippen molar-refractivity contribution in [1.29, 1.82) is 0 Å². The Morgan fingerprint density at radius 1 is 1.15 bits per heavy atom. The highest BCUT2D eigenvalue weighted by Crippen LogP contribution is 2.30. The molecule has 0 aliphatic rings. The van der Waals surface area contributed by atoms with Crippen molar-refractivity contribution in [2.24, 2.45) is 7.05 Å². The van der Waals surface area contributed by atoms with Crippen LogP contribution in [-0.4, -0.2) is 24.4 Å². The monoisotopic (exact) mass is 404 g/mol. The van der Waals surface area contributed by atoms with Crippen LogP contribution in [0.25, 0.3) is 0 Å². The number of aromatic nitrogens is 1. The highest BCUT2D eigenvalue weighted by atomic mass is 32.2. The first kappa shape index (κ1) is 19.7. The number of sulfonamides is 1. The minimum absolute atomic E-state index is 0.218. The number of hydrogen-bond acceptors (Lipinski definition) is 4. The van der Waals surface area contributed by atoms with E-state index in [1.807, 2.05) is 60.4 Å². The van der Waals surface area contributed by atoms with Gasteiger partial charge in [-0.1, -0.05) is 19.1 Å². The molecule has 0 bridgehead atoms. The molecular weight excluding hydrogens is 380 g/mol. The number of ether oxygens (including phenoxy) is 1. The van der Waals surface area contributed by atoms with Crippen LogP contribution in [0.2, 0.25) is 0 Å². The second kappa shape index (κ2) is 8.29. The second-order valence-electron chi connectivity index (χ2n) is 6.30. The SMILES string of the molecule is CCc1ccc(OC)c(S(=O)(=O)N(Cc2cccs2)Cc2cccn2C)c1. The van der Waals surface area contributed by atoms with Gasteiger partial charge in [0, 0.05) is 30.4 Å². The predicted octanol–water partition coefficient (Wildman–Crippen LogP) is 4.05. The van der Waals surface area contributed by atoms with E-state index in [2.05, 4.69) is 0 Å². The maximum atomic E-state index is 13.6. The van der Waals surface area contributed by atoms with Crippen molar-refractivity contribution in [2.75, 3.05) is 7.11 Å². The van der Waals surface area contributed by atoms with Gasteiger partial charge in [0.1, 0.15) is 10.6 Å². The molecule has 2 aromatic heterocycles. The molecule has 7 heteroatoms. The van der Waals surface area contributed by atoms with E-state index in [1.54, 1.807) is 23.5 Å². The summed E-state index contributed by atoms with van der Waals surface area (Å²) in [7, 11) is -0.323. The highest BCUT2D eigenvalue weighted by Gasteiger charge is 2.29. The summed E-state index contributed by atoms with van der Waals surface area (Å²) in [4.78, 5) is 1.22. The Kier molecular flexibility index (Phi) is 6.04. The van der Waals surface area contributed by atoms with Crippen LogP contribution in [0, 0.1) is 0 Å². The number of methoxy groups -OCH3 is 1. The van der Waals surface area contributed by atoms with Gasteiger partial charge in [0.25, 0.3) is 0 Å². The summed E-state index contributed by atoms with van der Waals surface area (Å²) in [5, 5.41) is 1.96. The molecule has 1 aromatic carbocycles. The van der Waals surface area contributed by atoms with E-state index in [0.717, 1.165) is 22.6 Å². The van der Waals surface area contributed by atoms with Crippen molar-refractivity contribution in [3.05, 3.63) is 70.2 Å². The fraction of sp³-hybridized carbons (Fsp3) is 0.300. The minimum Gasteiger partial charge on any atom is -0.495 e. The van der Waals surface area contributed by atoms with Crippen LogP contribution in [0.5, 0.6) is 5.75 Å². The zero-order chi connectivity index (χ0) is 19.4. The Hall–Kier alpha value is -2.09. The van der Waals surface area contributed by atoms with Gasteiger partial charge < -0.3 is 9.30 Å². The molecule has 2 heterocycles. The number of hydrogen-bond donors (Lipinski definition) is 0. The molecule has 3 aromatic rings. The van der Waals surface area contributed by atoms with Crippen LogP contribution < -0.4 is 4.74 Å². The molecule has 0 unspecified atom stereocenters. The normalized spacial score (nSPS) is 11.9. The molecule has 0 amide bonds. The molecule has 0 aliphatic carbocycles. The van der Waals surface area contributed by atoms with Gasteiger partial charge in [-0.15, -0.1) is 11.3 Å². The van der Waals surface area contributed by atoms with Gasteiger partial charge in [0.05, 0.1) is 13.7 Å². The first-order valence-corrected chi connectivity index (χ1v) is 11.1. The van der Waals surface area contributed by atoms with Crippen LogP contribution in [0.3, 0.4) is 0 Å². The third-order valence-electron chi connectivity index (χ3n) is 4.56. The smallest absolute Gasteiger partial charge is 0.247 e. The molecule has 5 nitrogen and oxygen atoms in total. The van der Waals surface area contributed by atoms with E-state index in [9.17, 15) is 8.42 Å². The van der Waals surface area contributed by atoms with E-state index in [0.29, 0.717) is 18.8 Å². The quantitative estimate of drug-likeness (QED) is 0.569. The van der Waals surface area contributed by atoms with Gasteiger partial charge in [-0.3, -0.25) is 0 Å². The zero-order valence-electron chi connectivity index (χ0n) is 15.8. The Morgan fingerprint density at radius 3 is 2.56 bits per heavy atom. The Labute approximate surface area is 164 Å². The fourth-order valence-corrected chi connectivity index (χ4v) is 5.32. The number of rotatable bonds is 8. The minimum atomic E-state index is -3.74. The molecule has 0 saturated heterocycles. The van der Waals surface area contributed by atoms with Crippen LogP contribution in [0.1, 0.15) is 23.1 Å². The number of thiophene rings is 1. The third-order valence-corrected chi connectivity index (χ3v) is 7.23. The van der Waals surface area contributed by atoms with Gasteiger partial charge in [-0.25, -0.2) is 8.42 Å². The lowest BCUT2D eigenvalue weighted by Gasteiger charge is -2.23. The largest absolute Gasteiger partial charge is 0.495 e. The molecule has 3 rings (SSSR count). The first-order chi connectivity index (χ1) is 13.0. The van der Waals surface area contributed by atoms with Crippen LogP contribution in [0.15, 0.2) is 58.9 Å². The van der Waals surface area contributed by atoms with Crippen molar-refractivity contribution in [3.63, 3.8) is 0 Å². The van der Waals surface area contributed by atoms with Crippen LogP contribution >= 0.6 is 11.3 Å². The fourth-order valence-electron chi connectivity index (χ4n) is 2.93. The summed E-state index contributed by atoms with van der Waals surface area (Å²) in [6, 6.07) is 13.1. The van der Waals surface area contributed by atoms with Gasteiger partial charge in [0.2, 0.25) is 10.0 Å². The van der Waals surface area contributed by atoms with Gasteiger partial charge in [-0.05, 0) is 47.7 Å². The lowest BCUT2D eigenvalue weighted by Crippen LogP contribution is -2.31. The summed E-state index contributed by atoms with van der Waals surface area (Å²) >= 11 is 1.55. The van der Waals surface area contributed by atoms with Crippen LogP contribution in [0.4, 0.5) is 0 Å². The number of aryl methyl sites for hydroxylation is 2. The van der Waals surface area contributed by atoms with E-state index < -0.39 is 10.0 Å². The van der Waals surface area contributed by atoms with E-state index in [-0.39, 0.29) is 4.90 Å². The molecule has 0 saturated carbocycles. The van der Waals surface area contributed by atoms with E-state index in [4.69, 9.17) is 4.74 Å². The topological polar surface area (TPSA) is 51.5 Å². The van der Waals surface area contributed by atoms with Gasteiger partial charge in [-0.2, -0.15) is 4.31 Å². The number of benzene rings is 1. The van der Waals surface area contributed by atoms with Crippen molar-refractivity contribution in [3.8, 4) is 5.75 Å². The Bertz CT molecular complexity index is 992. The average Bonchev–Trinajstić information content (AvgIpc) is 3.32. The summed E-state index contributed by atoms with van der Waals surface area (Å²) in [5.74, 6) is 0.371. The predicted molar refractivity (Wildman–Crippen MR) is 109 cm³/mol. The summed E-state index contributed by atoms with van der Waals surface area (Å²) in [6.45, 7) is 2.62. The van der Waals surface area contributed by atoms with Crippen LogP contribution in [-0.2, 0) is 36.6 Å². The Morgan fingerprint density at radius 2 is 1.96 bits per heavy atom. The van der Waals surface area contributed by atoms with Crippen molar-refractivity contribution in [2.45, 2.75) is 31.3 Å². The van der Waals surface area contributed by atoms with Crippen molar-refractivity contribution >= 4 is 21.4 Å². The molecule has 0 N–H and O–H groups in total. The molecule has 0 fully saturated rings. The molecular formula is C20H24N2O3S2. The van der Waals surface area contributed by atoms with E-state index in [1.165, 1.54) is 11.4 Å². The average molecular weight is 405 g/mol. The molecule has 0 radical (unpaired) electrons. The first-order valence-electron chi connectivity index (χ1n) is 8.75. The molecule has 0 atom stereocenters. The van der Waals surface area contributed by atoms with E-state index >= 15 is 0 Å². The highest BCUT2D eigenvalue weighted by molar-refractivity contribution is 7.89. The molecule has 144 valence electrons. The number of nitrogens with zero attached hydrogens (tertiary/aromatic N) is 2. The third kappa shape index (κ3) is 4.26.